The summed E-state index contributed by atoms with van der Waals surface area (Å²) in [7, 11) is 0. The molecule has 1 aromatic carbocycles. The van der Waals surface area contributed by atoms with Crippen molar-refractivity contribution in [3.63, 3.8) is 0 Å². The van der Waals surface area contributed by atoms with E-state index in [9.17, 15) is 18.0 Å². The standard InChI is InChI=1S/C13H16F3N3O2/c14-13(15,16)21-11-5-3-10(4-6-11)18-12(20)19-7-1-2-9(17)8-19/h3-6,9H,1-2,7-8,17H2,(H,18,20). The number of nitrogens with two attached hydrogens (primary N) is 1. The summed E-state index contributed by atoms with van der Waals surface area (Å²) in [4.78, 5) is 13.6. The fourth-order valence-corrected chi connectivity index (χ4v) is 2.14. The summed E-state index contributed by atoms with van der Waals surface area (Å²) in [5.41, 5.74) is 6.19. The van der Waals surface area contributed by atoms with E-state index in [2.05, 4.69) is 10.1 Å². The zero-order valence-electron chi connectivity index (χ0n) is 11.2. The number of nitrogens with zero attached hydrogens (tertiary/aromatic N) is 1. The third kappa shape index (κ3) is 4.82. The number of carbonyl (C=O) groups excluding carboxylic acids is 1. The summed E-state index contributed by atoms with van der Waals surface area (Å²) in [6, 6.07) is 4.64. The third-order valence-corrected chi connectivity index (χ3v) is 3.08. The molecule has 1 aliphatic heterocycles. The van der Waals surface area contributed by atoms with Gasteiger partial charge < -0.3 is 20.7 Å². The summed E-state index contributed by atoms with van der Waals surface area (Å²) >= 11 is 0. The van der Waals surface area contributed by atoms with Gasteiger partial charge in [0.1, 0.15) is 5.75 Å². The number of carbonyl (C=O) groups is 1. The lowest BCUT2D eigenvalue weighted by Gasteiger charge is -2.30. The molecule has 0 saturated carbocycles. The number of nitrogens with one attached hydrogen (secondary N) is 1. The maximum atomic E-state index is 12.0. The second-order valence-corrected chi connectivity index (χ2v) is 4.85. The summed E-state index contributed by atoms with van der Waals surface area (Å²) in [5.74, 6) is -0.333. The number of anilines is 1. The second kappa shape index (κ2) is 6.21. The Hall–Kier alpha value is -1.96. The van der Waals surface area contributed by atoms with Crippen LogP contribution in [-0.2, 0) is 0 Å². The van der Waals surface area contributed by atoms with E-state index < -0.39 is 6.36 Å². The van der Waals surface area contributed by atoms with Crippen molar-refractivity contribution in [2.75, 3.05) is 18.4 Å². The van der Waals surface area contributed by atoms with E-state index >= 15 is 0 Å². The maximum Gasteiger partial charge on any atom is 0.573 e. The van der Waals surface area contributed by atoms with Crippen molar-refractivity contribution in [1.82, 2.24) is 4.90 Å². The predicted molar refractivity (Wildman–Crippen MR) is 70.9 cm³/mol. The Bertz CT molecular complexity index is 490. The van der Waals surface area contributed by atoms with Gasteiger partial charge in [-0.2, -0.15) is 0 Å². The molecule has 0 bridgehead atoms. The third-order valence-electron chi connectivity index (χ3n) is 3.08. The van der Waals surface area contributed by atoms with Crippen molar-refractivity contribution >= 4 is 11.7 Å². The number of hydrogen-bond acceptors (Lipinski definition) is 3. The number of rotatable bonds is 2. The van der Waals surface area contributed by atoms with Gasteiger partial charge in [-0.1, -0.05) is 0 Å². The Balaban J connectivity index is 1.92. The maximum absolute atomic E-state index is 12.0. The molecule has 1 saturated heterocycles. The summed E-state index contributed by atoms with van der Waals surface area (Å²) < 4.78 is 39.8. The van der Waals surface area contributed by atoms with Gasteiger partial charge in [0.25, 0.3) is 0 Å². The van der Waals surface area contributed by atoms with Gasteiger partial charge in [-0.25, -0.2) is 4.79 Å². The SMILES string of the molecule is NC1CCCN(C(=O)Nc2ccc(OC(F)(F)F)cc2)C1. The van der Waals surface area contributed by atoms with Crippen molar-refractivity contribution in [2.24, 2.45) is 5.73 Å². The van der Waals surface area contributed by atoms with E-state index in [1.54, 1.807) is 4.90 Å². The number of piperidine rings is 1. The lowest BCUT2D eigenvalue weighted by Crippen LogP contribution is -2.47. The minimum atomic E-state index is -4.73. The quantitative estimate of drug-likeness (QED) is 0.882. The van der Waals surface area contributed by atoms with Gasteiger partial charge in [-0.3, -0.25) is 0 Å². The van der Waals surface area contributed by atoms with Gasteiger partial charge in [0.05, 0.1) is 0 Å². The van der Waals surface area contributed by atoms with Crippen LogP contribution in [0.1, 0.15) is 12.8 Å². The highest BCUT2D eigenvalue weighted by atomic mass is 19.4. The Morgan fingerprint density at radius 2 is 2.00 bits per heavy atom. The predicted octanol–water partition coefficient (Wildman–Crippen LogP) is 2.54. The summed E-state index contributed by atoms with van der Waals surface area (Å²) in [6.45, 7) is 1.09. The molecule has 1 atom stereocenters. The summed E-state index contributed by atoms with van der Waals surface area (Å²) in [6.07, 6.45) is -3.01. The first-order valence-corrected chi connectivity index (χ1v) is 6.51. The van der Waals surface area contributed by atoms with Crippen molar-refractivity contribution in [3.8, 4) is 5.75 Å². The highest BCUT2D eigenvalue weighted by Crippen LogP contribution is 2.24. The van der Waals surface area contributed by atoms with Gasteiger partial charge in [-0.15, -0.1) is 13.2 Å². The molecule has 116 valence electrons. The molecule has 1 unspecified atom stereocenters. The Labute approximate surface area is 119 Å². The monoisotopic (exact) mass is 303 g/mol. The number of likely N-dealkylation sites (tertiary alicyclic amines) is 1. The fraction of sp³-hybridized carbons (Fsp3) is 0.462. The van der Waals surface area contributed by atoms with Crippen LogP contribution < -0.4 is 15.8 Å². The topological polar surface area (TPSA) is 67.6 Å². The van der Waals surface area contributed by atoms with Crippen LogP contribution in [0.3, 0.4) is 0 Å². The van der Waals surface area contributed by atoms with Crippen LogP contribution in [0.2, 0.25) is 0 Å². The Kier molecular flexibility index (Phi) is 4.56. The Morgan fingerprint density at radius 1 is 1.33 bits per heavy atom. The minimum absolute atomic E-state index is 0.0351. The number of urea groups is 1. The molecule has 0 radical (unpaired) electrons. The lowest BCUT2D eigenvalue weighted by atomic mass is 10.1. The molecule has 1 aromatic rings. The highest BCUT2D eigenvalue weighted by molar-refractivity contribution is 5.89. The van der Waals surface area contributed by atoms with Crippen molar-refractivity contribution in [1.29, 1.82) is 0 Å². The molecule has 8 heteroatoms. The molecule has 3 N–H and O–H groups in total. The average molecular weight is 303 g/mol. The van der Waals surface area contributed by atoms with Crippen molar-refractivity contribution in [3.05, 3.63) is 24.3 Å². The average Bonchev–Trinajstić information content (AvgIpc) is 2.39. The number of halogens is 3. The first kappa shape index (κ1) is 15.4. The van der Waals surface area contributed by atoms with E-state index in [4.69, 9.17) is 5.73 Å². The molecule has 2 amide bonds. The van der Waals surface area contributed by atoms with Gasteiger partial charge in [0, 0.05) is 24.8 Å². The van der Waals surface area contributed by atoms with Gasteiger partial charge in [-0.05, 0) is 37.1 Å². The molecule has 5 nitrogen and oxygen atoms in total. The van der Waals surface area contributed by atoms with Crippen molar-refractivity contribution in [2.45, 2.75) is 25.2 Å². The molecule has 2 rings (SSSR count). The summed E-state index contributed by atoms with van der Waals surface area (Å²) in [5, 5.41) is 2.62. The zero-order valence-corrected chi connectivity index (χ0v) is 11.2. The molecule has 21 heavy (non-hydrogen) atoms. The van der Waals surface area contributed by atoms with Crippen LogP contribution >= 0.6 is 0 Å². The fourth-order valence-electron chi connectivity index (χ4n) is 2.14. The van der Waals surface area contributed by atoms with Gasteiger partial charge in [0.15, 0.2) is 0 Å². The molecule has 0 aliphatic carbocycles. The zero-order chi connectivity index (χ0) is 15.5. The van der Waals surface area contributed by atoms with Crippen LogP contribution in [-0.4, -0.2) is 36.4 Å². The van der Waals surface area contributed by atoms with Gasteiger partial charge >= 0.3 is 12.4 Å². The van der Waals surface area contributed by atoms with E-state index in [1.165, 1.54) is 12.1 Å². The van der Waals surface area contributed by atoms with Crippen molar-refractivity contribution < 1.29 is 22.7 Å². The molecule has 1 aliphatic rings. The van der Waals surface area contributed by atoms with Crippen LogP contribution in [0.15, 0.2) is 24.3 Å². The van der Waals surface area contributed by atoms with E-state index in [0.29, 0.717) is 18.8 Å². The highest BCUT2D eigenvalue weighted by Gasteiger charge is 2.31. The number of hydrogen-bond donors (Lipinski definition) is 2. The number of ether oxygens (including phenoxy) is 1. The number of benzene rings is 1. The van der Waals surface area contributed by atoms with E-state index in [-0.39, 0.29) is 17.8 Å². The van der Waals surface area contributed by atoms with Crippen LogP contribution in [0.4, 0.5) is 23.7 Å². The number of alkyl halides is 3. The molecular weight excluding hydrogens is 287 g/mol. The normalized spacial score (nSPS) is 19.2. The minimum Gasteiger partial charge on any atom is -0.406 e. The molecule has 1 heterocycles. The number of amides is 2. The van der Waals surface area contributed by atoms with Crippen LogP contribution in [0.5, 0.6) is 5.75 Å². The van der Waals surface area contributed by atoms with E-state index in [1.807, 2.05) is 0 Å². The second-order valence-electron chi connectivity index (χ2n) is 4.85. The molecule has 1 fully saturated rings. The first-order valence-electron chi connectivity index (χ1n) is 6.51. The smallest absolute Gasteiger partial charge is 0.406 e. The molecule has 0 aromatic heterocycles. The molecular formula is C13H16F3N3O2. The largest absolute Gasteiger partial charge is 0.573 e. The van der Waals surface area contributed by atoms with Gasteiger partial charge in [0.2, 0.25) is 0 Å². The Morgan fingerprint density at radius 3 is 2.57 bits per heavy atom. The van der Waals surface area contributed by atoms with E-state index in [0.717, 1.165) is 25.0 Å². The van der Waals surface area contributed by atoms with Crippen LogP contribution in [0.25, 0.3) is 0 Å². The van der Waals surface area contributed by atoms with Crippen LogP contribution in [0, 0.1) is 0 Å². The molecule has 0 spiro atoms. The lowest BCUT2D eigenvalue weighted by molar-refractivity contribution is -0.274. The first-order chi connectivity index (χ1) is 9.83.